The van der Waals surface area contributed by atoms with Gasteiger partial charge in [0.1, 0.15) is 18.6 Å². The molecule has 0 bridgehead atoms. The Bertz CT molecular complexity index is 1840. The third-order valence-electron chi connectivity index (χ3n) is 7.10. The van der Waals surface area contributed by atoms with Crippen LogP contribution in [0.2, 0.25) is 5.02 Å². The lowest BCUT2D eigenvalue weighted by molar-refractivity contribution is -0.137. The van der Waals surface area contributed by atoms with E-state index in [-0.39, 0.29) is 76.8 Å². The number of aromatic nitrogens is 6. The van der Waals surface area contributed by atoms with Crippen LogP contribution >= 0.6 is 27.5 Å². The Labute approximate surface area is 260 Å². The molecule has 0 radical (unpaired) electrons. The number of anilines is 2. The van der Waals surface area contributed by atoms with Crippen LogP contribution in [-0.4, -0.2) is 77.1 Å². The van der Waals surface area contributed by atoms with Gasteiger partial charge >= 0.3 is 6.18 Å². The highest BCUT2D eigenvalue weighted by Gasteiger charge is 2.32. The predicted octanol–water partition coefficient (Wildman–Crippen LogP) is 3.29. The summed E-state index contributed by atoms with van der Waals surface area (Å²) in [7, 11) is 0. The Morgan fingerprint density at radius 2 is 1.86 bits per heavy atom. The first-order valence-electron chi connectivity index (χ1n) is 13.2. The maximum Gasteiger partial charge on any atom is 0.416 e. The number of piperazine rings is 1. The fraction of sp³-hybridized carbons (Fsp3) is 0.346. The van der Waals surface area contributed by atoms with Crippen molar-refractivity contribution in [3.8, 4) is 5.75 Å². The number of benzene rings is 1. The van der Waals surface area contributed by atoms with Crippen molar-refractivity contribution >= 4 is 56.5 Å². The highest BCUT2D eigenvalue weighted by molar-refractivity contribution is 9.10. The van der Waals surface area contributed by atoms with Gasteiger partial charge in [-0.05, 0) is 47.5 Å². The van der Waals surface area contributed by atoms with E-state index in [0.717, 1.165) is 22.7 Å². The molecule has 18 heteroatoms. The topological polar surface area (TPSA) is 151 Å². The van der Waals surface area contributed by atoms with Gasteiger partial charge in [0.25, 0.3) is 11.5 Å². The molecule has 5 rings (SSSR count). The van der Waals surface area contributed by atoms with E-state index in [0.29, 0.717) is 12.1 Å². The van der Waals surface area contributed by atoms with Crippen LogP contribution in [0.4, 0.5) is 24.5 Å². The van der Waals surface area contributed by atoms with Crippen LogP contribution < -0.4 is 15.8 Å². The minimum Gasteiger partial charge on any atom is -0.504 e. The summed E-state index contributed by atoms with van der Waals surface area (Å²) in [6.45, 7) is 3.88. The quantitative estimate of drug-likeness (QED) is 0.309. The summed E-state index contributed by atoms with van der Waals surface area (Å²) >= 11 is 9.20. The molecule has 2 amide bonds. The molecule has 0 unspecified atom stereocenters. The van der Waals surface area contributed by atoms with Gasteiger partial charge in [-0.25, -0.2) is 9.97 Å². The minimum atomic E-state index is -4.60. The smallest absolute Gasteiger partial charge is 0.416 e. The van der Waals surface area contributed by atoms with Gasteiger partial charge in [-0.2, -0.15) is 22.7 Å². The SMILES string of the molecule is CCc1c(N2CCN(C(=O)c3ncnc(C)c3O)CC2)c(=O)n2nc(Br)nc2n1CC(=O)Nc1ccc(C(F)(F)F)cc1Cl. The Balaban J connectivity index is 1.43. The van der Waals surface area contributed by atoms with E-state index in [1.807, 2.05) is 0 Å². The molecule has 2 N–H and O–H groups in total. The summed E-state index contributed by atoms with van der Waals surface area (Å²) in [5.41, 5.74) is -0.595. The number of alkyl halides is 3. The van der Waals surface area contributed by atoms with Crippen LogP contribution in [0, 0.1) is 6.92 Å². The lowest BCUT2D eigenvalue weighted by Crippen LogP contribution is -2.51. The summed E-state index contributed by atoms with van der Waals surface area (Å²) in [5, 5.41) is 16.6. The highest BCUT2D eigenvalue weighted by Crippen LogP contribution is 2.34. The Morgan fingerprint density at radius 3 is 2.50 bits per heavy atom. The molecule has 1 aliphatic heterocycles. The Morgan fingerprint density at radius 1 is 1.16 bits per heavy atom. The van der Waals surface area contributed by atoms with Crippen molar-refractivity contribution in [1.82, 2.24) is 34.0 Å². The second kappa shape index (κ2) is 12.0. The number of carbonyl (C=O) groups excluding carboxylic acids is 2. The van der Waals surface area contributed by atoms with Gasteiger partial charge in [-0.3, -0.25) is 14.4 Å². The number of halogens is 5. The first kappa shape index (κ1) is 31.2. The maximum absolute atomic E-state index is 13.7. The fourth-order valence-corrected chi connectivity index (χ4v) is 5.48. The molecular formula is C26H24BrClF3N9O4. The molecule has 44 heavy (non-hydrogen) atoms. The number of hydrogen-bond acceptors (Lipinski definition) is 9. The van der Waals surface area contributed by atoms with Gasteiger partial charge < -0.3 is 24.8 Å². The molecular weight excluding hydrogens is 675 g/mol. The number of nitrogens with one attached hydrogen (secondary N) is 1. The molecule has 4 aromatic rings. The third-order valence-corrected chi connectivity index (χ3v) is 7.75. The van der Waals surface area contributed by atoms with E-state index >= 15 is 0 Å². The number of fused-ring (bicyclic) bond motifs is 1. The monoisotopic (exact) mass is 697 g/mol. The lowest BCUT2D eigenvalue weighted by Gasteiger charge is -2.36. The van der Waals surface area contributed by atoms with Crippen LogP contribution in [-0.2, 0) is 23.9 Å². The van der Waals surface area contributed by atoms with Gasteiger partial charge in [-0.15, -0.1) is 5.10 Å². The standard InChI is InChI=1S/C26H24BrClF3N9O4/c1-3-17-20(37-6-8-38(9-7-37)22(43)19-21(42)13(2)32-12-33-19)23(44)40-25(35-24(27)36-40)39(17)11-18(41)34-16-5-4-14(10-15(16)28)26(29,30)31/h4-5,10,12,42H,3,6-9,11H2,1-2H3,(H,34,41). The molecule has 1 saturated heterocycles. The van der Waals surface area contributed by atoms with E-state index in [4.69, 9.17) is 11.6 Å². The second-order valence-electron chi connectivity index (χ2n) is 9.81. The highest BCUT2D eigenvalue weighted by atomic mass is 79.9. The molecule has 232 valence electrons. The van der Waals surface area contributed by atoms with E-state index in [1.165, 1.54) is 15.8 Å². The number of aromatic hydroxyl groups is 1. The lowest BCUT2D eigenvalue weighted by atomic mass is 10.2. The van der Waals surface area contributed by atoms with E-state index in [1.54, 1.807) is 18.7 Å². The van der Waals surface area contributed by atoms with Crippen LogP contribution in [0.1, 0.15) is 34.4 Å². The third kappa shape index (κ3) is 5.93. The zero-order valence-corrected chi connectivity index (χ0v) is 25.5. The van der Waals surface area contributed by atoms with Crippen molar-refractivity contribution in [3.63, 3.8) is 0 Å². The van der Waals surface area contributed by atoms with Gasteiger partial charge in [0, 0.05) is 26.2 Å². The summed E-state index contributed by atoms with van der Waals surface area (Å²) in [5.74, 6) is -1.34. The average molecular weight is 699 g/mol. The Hall–Kier alpha value is -4.25. The van der Waals surface area contributed by atoms with Crippen LogP contribution in [0.15, 0.2) is 34.1 Å². The van der Waals surface area contributed by atoms with Crippen molar-refractivity contribution in [1.29, 1.82) is 0 Å². The van der Waals surface area contributed by atoms with E-state index in [2.05, 4.69) is 41.3 Å². The van der Waals surface area contributed by atoms with Crippen LogP contribution in [0.3, 0.4) is 0 Å². The first-order valence-corrected chi connectivity index (χ1v) is 14.4. The molecule has 13 nitrogen and oxygen atoms in total. The number of carbonyl (C=O) groups is 2. The van der Waals surface area contributed by atoms with Crippen LogP contribution in [0.5, 0.6) is 5.75 Å². The fourth-order valence-electron chi connectivity index (χ4n) is 4.94. The van der Waals surface area contributed by atoms with Gasteiger partial charge in [0.05, 0.1) is 27.7 Å². The maximum atomic E-state index is 13.7. The van der Waals surface area contributed by atoms with Gasteiger partial charge in [-0.1, -0.05) is 18.5 Å². The van der Waals surface area contributed by atoms with Crippen LogP contribution in [0.25, 0.3) is 5.78 Å². The van der Waals surface area contributed by atoms with Crippen molar-refractivity contribution in [2.75, 3.05) is 36.4 Å². The molecule has 0 saturated carbocycles. The first-order chi connectivity index (χ1) is 20.8. The summed E-state index contributed by atoms with van der Waals surface area (Å²) in [6.07, 6.45) is -3.11. The predicted molar refractivity (Wildman–Crippen MR) is 156 cm³/mol. The molecule has 0 atom stereocenters. The zero-order valence-electron chi connectivity index (χ0n) is 23.2. The molecule has 3 aromatic heterocycles. The molecule has 1 fully saturated rings. The number of hydrogen-bond donors (Lipinski definition) is 2. The molecule has 1 aliphatic rings. The van der Waals surface area contributed by atoms with Crippen molar-refractivity contribution in [3.05, 3.63) is 67.3 Å². The average Bonchev–Trinajstić information content (AvgIpc) is 3.38. The number of rotatable bonds is 6. The van der Waals surface area contributed by atoms with Gasteiger partial charge in [0.2, 0.25) is 16.4 Å². The Kier molecular flexibility index (Phi) is 8.53. The number of nitrogens with zero attached hydrogens (tertiary/aromatic N) is 8. The molecule has 4 heterocycles. The van der Waals surface area contributed by atoms with E-state index in [9.17, 15) is 32.7 Å². The normalized spacial score (nSPS) is 13.9. The summed E-state index contributed by atoms with van der Waals surface area (Å²) in [6, 6.07) is 2.59. The molecule has 0 spiro atoms. The van der Waals surface area contributed by atoms with E-state index < -0.39 is 29.1 Å². The van der Waals surface area contributed by atoms with Crippen molar-refractivity contribution < 1.29 is 27.9 Å². The number of aryl methyl sites for hydroxylation is 1. The minimum absolute atomic E-state index is 0.0200. The second-order valence-corrected chi connectivity index (χ2v) is 10.9. The summed E-state index contributed by atoms with van der Waals surface area (Å²) < 4.78 is 41.8. The van der Waals surface area contributed by atoms with Gasteiger partial charge in [0.15, 0.2) is 11.4 Å². The number of amides is 2. The van der Waals surface area contributed by atoms with Crippen molar-refractivity contribution in [2.45, 2.75) is 33.0 Å². The molecule has 1 aromatic carbocycles. The largest absolute Gasteiger partial charge is 0.504 e. The molecule has 0 aliphatic carbocycles. The van der Waals surface area contributed by atoms with Crippen molar-refractivity contribution in [2.24, 2.45) is 0 Å². The zero-order chi connectivity index (χ0) is 31.9. The summed E-state index contributed by atoms with van der Waals surface area (Å²) in [4.78, 5) is 55.2.